The number of ether oxygens (including phenoxy) is 2. The summed E-state index contributed by atoms with van der Waals surface area (Å²) < 4.78 is 10.5. The molecule has 1 unspecified atom stereocenters. The maximum atomic E-state index is 12.6. The molecule has 27 heavy (non-hydrogen) atoms. The molecule has 2 aromatic rings. The van der Waals surface area contributed by atoms with Crippen molar-refractivity contribution in [1.82, 2.24) is 5.32 Å². The maximum Gasteiger partial charge on any atom is 0.220 e. The lowest BCUT2D eigenvalue weighted by atomic mass is 9.96. The summed E-state index contributed by atoms with van der Waals surface area (Å²) in [6, 6.07) is 14.0. The van der Waals surface area contributed by atoms with E-state index in [0.717, 1.165) is 34.6 Å². The van der Waals surface area contributed by atoms with Gasteiger partial charge in [-0.05, 0) is 60.6 Å². The molecule has 0 saturated heterocycles. The van der Waals surface area contributed by atoms with Gasteiger partial charge in [-0.3, -0.25) is 4.79 Å². The van der Waals surface area contributed by atoms with Crippen molar-refractivity contribution in [2.45, 2.75) is 46.1 Å². The minimum atomic E-state index is 0.0148. The van der Waals surface area contributed by atoms with E-state index in [-0.39, 0.29) is 11.9 Å². The minimum absolute atomic E-state index is 0.0148. The van der Waals surface area contributed by atoms with Gasteiger partial charge in [0.15, 0.2) is 0 Å². The van der Waals surface area contributed by atoms with Gasteiger partial charge in [0.05, 0.1) is 20.3 Å². The number of aryl methyl sites for hydroxylation is 2. The molecule has 0 saturated carbocycles. The van der Waals surface area contributed by atoms with Crippen LogP contribution in [-0.4, -0.2) is 20.1 Å². The zero-order valence-corrected chi connectivity index (χ0v) is 17.0. The van der Waals surface area contributed by atoms with Crippen LogP contribution in [-0.2, 0) is 11.2 Å². The number of carbonyl (C=O) groups is 1. The Morgan fingerprint density at radius 2 is 1.74 bits per heavy atom. The summed E-state index contributed by atoms with van der Waals surface area (Å²) in [4.78, 5) is 12.6. The van der Waals surface area contributed by atoms with Crippen molar-refractivity contribution in [3.8, 4) is 11.5 Å². The third-order valence-electron chi connectivity index (χ3n) is 4.66. The largest absolute Gasteiger partial charge is 0.497 e. The Morgan fingerprint density at radius 1 is 1.04 bits per heavy atom. The van der Waals surface area contributed by atoms with E-state index in [9.17, 15) is 4.79 Å². The predicted molar refractivity (Wildman–Crippen MR) is 109 cm³/mol. The molecular formula is C23H31NO3. The summed E-state index contributed by atoms with van der Waals surface area (Å²) >= 11 is 0. The second-order valence-electron chi connectivity index (χ2n) is 7.33. The minimum Gasteiger partial charge on any atom is -0.497 e. The lowest BCUT2D eigenvalue weighted by Gasteiger charge is -2.21. The second kappa shape index (κ2) is 10.0. The van der Waals surface area contributed by atoms with E-state index in [1.807, 2.05) is 43.3 Å². The summed E-state index contributed by atoms with van der Waals surface area (Å²) in [5.74, 6) is 2.26. The van der Waals surface area contributed by atoms with Gasteiger partial charge in [-0.15, -0.1) is 0 Å². The first-order valence-corrected chi connectivity index (χ1v) is 9.49. The molecule has 0 bridgehead atoms. The molecule has 0 spiro atoms. The molecule has 0 fully saturated rings. The number of amides is 1. The molecule has 2 aromatic carbocycles. The Hall–Kier alpha value is -2.49. The number of benzene rings is 2. The van der Waals surface area contributed by atoms with Gasteiger partial charge >= 0.3 is 0 Å². The Labute approximate surface area is 162 Å². The fourth-order valence-electron chi connectivity index (χ4n) is 3.21. The average molecular weight is 370 g/mol. The van der Waals surface area contributed by atoms with E-state index < -0.39 is 0 Å². The SMILES string of the molecule is COc1ccc(C(CC(C)C)NC(=O)CCc2ccc(OC)c(C)c2)cc1. The van der Waals surface area contributed by atoms with Gasteiger partial charge in [-0.1, -0.05) is 38.1 Å². The van der Waals surface area contributed by atoms with Crippen molar-refractivity contribution >= 4 is 5.91 Å². The Bertz CT molecular complexity index is 738. The number of carbonyl (C=O) groups excluding carboxylic acids is 1. The van der Waals surface area contributed by atoms with Gasteiger partial charge in [-0.25, -0.2) is 0 Å². The quantitative estimate of drug-likeness (QED) is 0.687. The van der Waals surface area contributed by atoms with Gasteiger partial charge in [0.25, 0.3) is 0 Å². The first-order valence-electron chi connectivity index (χ1n) is 9.49. The van der Waals surface area contributed by atoms with Crippen LogP contribution < -0.4 is 14.8 Å². The van der Waals surface area contributed by atoms with Crippen molar-refractivity contribution in [2.75, 3.05) is 14.2 Å². The number of nitrogens with one attached hydrogen (secondary N) is 1. The molecular weight excluding hydrogens is 338 g/mol. The smallest absolute Gasteiger partial charge is 0.220 e. The topological polar surface area (TPSA) is 47.6 Å². The predicted octanol–water partition coefficient (Wildman–Crippen LogP) is 4.85. The first-order chi connectivity index (χ1) is 12.9. The van der Waals surface area contributed by atoms with E-state index in [2.05, 4.69) is 25.2 Å². The second-order valence-corrected chi connectivity index (χ2v) is 7.33. The lowest BCUT2D eigenvalue weighted by molar-refractivity contribution is -0.121. The van der Waals surface area contributed by atoms with Crippen molar-refractivity contribution in [2.24, 2.45) is 5.92 Å². The molecule has 0 aliphatic carbocycles. The summed E-state index contributed by atoms with van der Waals surface area (Å²) in [5.41, 5.74) is 3.35. The van der Waals surface area contributed by atoms with Crippen LogP contribution in [0.4, 0.5) is 0 Å². The molecule has 1 atom stereocenters. The van der Waals surface area contributed by atoms with Gasteiger partial charge < -0.3 is 14.8 Å². The zero-order valence-electron chi connectivity index (χ0n) is 17.0. The molecule has 0 heterocycles. The van der Waals surface area contributed by atoms with Gasteiger partial charge in [0, 0.05) is 6.42 Å². The third-order valence-corrected chi connectivity index (χ3v) is 4.66. The van der Waals surface area contributed by atoms with E-state index in [1.165, 1.54) is 0 Å². The molecule has 146 valence electrons. The van der Waals surface area contributed by atoms with Crippen LogP contribution in [0, 0.1) is 12.8 Å². The highest BCUT2D eigenvalue weighted by Gasteiger charge is 2.16. The Kier molecular flexibility index (Phi) is 7.71. The van der Waals surface area contributed by atoms with E-state index in [4.69, 9.17) is 9.47 Å². The zero-order chi connectivity index (χ0) is 19.8. The van der Waals surface area contributed by atoms with Crippen LogP contribution in [0.15, 0.2) is 42.5 Å². The van der Waals surface area contributed by atoms with Crippen molar-refractivity contribution in [3.63, 3.8) is 0 Å². The number of hydrogen-bond acceptors (Lipinski definition) is 3. The van der Waals surface area contributed by atoms with Crippen LogP contribution in [0.5, 0.6) is 11.5 Å². The van der Waals surface area contributed by atoms with Crippen LogP contribution in [0.25, 0.3) is 0 Å². The summed E-state index contributed by atoms with van der Waals surface area (Å²) in [6.45, 7) is 6.36. The number of rotatable bonds is 9. The highest BCUT2D eigenvalue weighted by molar-refractivity contribution is 5.76. The van der Waals surface area contributed by atoms with Crippen LogP contribution >= 0.6 is 0 Å². The number of hydrogen-bond donors (Lipinski definition) is 1. The lowest BCUT2D eigenvalue weighted by Crippen LogP contribution is -2.29. The molecule has 1 N–H and O–H groups in total. The normalized spacial score (nSPS) is 11.9. The summed E-state index contributed by atoms with van der Waals surface area (Å²) in [7, 11) is 3.33. The molecule has 0 radical (unpaired) electrons. The summed E-state index contributed by atoms with van der Waals surface area (Å²) in [5, 5.41) is 3.21. The Morgan fingerprint density at radius 3 is 2.30 bits per heavy atom. The molecule has 1 amide bonds. The van der Waals surface area contributed by atoms with Crippen molar-refractivity contribution in [1.29, 1.82) is 0 Å². The monoisotopic (exact) mass is 369 g/mol. The number of methoxy groups -OCH3 is 2. The fourth-order valence-corrected chi connectivity index (χ4v) is 3.21. The average Bonchev–Trinajstić information content (AvgIpc) is 2.65. The van der Waals surface area contributed by atoms with Gasteiger partial charge in [-0.2, -0.15) is 0 Å². The molecule has 4 heteroatoms. The molecule has 0 aliphatic rings. The van der Waals surface area contributed by atoms with Crippen molar-refractivity contribution in [3.05, 3.63) is 59.2 Å². The Balaban J connectivity index is 1.99. The van der Waals surface area contributed by atoms with Crippen LogP contribution in [0.3, 0.4) is 0 Å². The van der Waals surface area contributed by atoms with Gasteiger partial charge in [0.2, 0.25) is 5.91 Å². The van der Waals surface area contributed by atoms with Crippen molar-refractivity contribution < 1.29 is 14.3 Å². The fraction of sp³-hybridized carbons (Fsp3) is 0.435. The standard InChI is InChI=1S/C23H31NO3/c1-16(2)14-21(19-8-10-20(26-4)11-9-19)24-23(25)13-7-18-6-12-22(27-5)17(3)15-18/h6,8-12,15-16,21H,7,13-14H2,1-5H3,(H,24,25). The maximum absolute atomic E-state index is 12.6. The first kappa shape index (κ1) is 20.8. The molecule has 2 rings (SSSR count). The highest BCUT2D eigenvalue weighted by atomic mass is 16.5. The van der Waals surface area contributed by atoms with Gasteiger partial charge in [0.1, 0.15) is 11.5 Å². The van der Waals surface area contributed by atoms with Crippen LogP contribution in [0.1, 0.15) is 49.4 Å². The third kappa shape index (κ3) is 6.31. The van der Waals surface area contributed by atoms with E-state index in [1.54, 1.807) is 14.2 Å². The van der Waals surface area contributed by atoms with Crippen LogP contribution in [0.2, 0.25) is 0 Å². The highest BCUT2D eigenvalue weighted by Crippen LogP contribution is 2.24. The molecule has 0 aliphatic heterocycles. The molecule has 4 nitrogen and oxygen atoms in total. The van der Waals surface area contributed by atoms with E-state index in [0.29, 0.717) is 18.8 Å². The summed E-state index contributed by atoms with van der Waals surface area (Å²) in [6.07, 6.45) is 2.09. The van der Waals surface area contributed by atoms with E-state index >= 15 is 0 Å². The molecule has 0 aromatic heterocycles.